The third-order valence-electron chi connectivity index (χ3n) is 0.886. The van der Waals surface area contributed by atoms with E-state index in [9.17, 15) is 0 Å². The summed E-state index contributed by atoms with van der Waals surface area (Å²) in [6.07, 6.45) is 0. The van der Waals surface area contributed by atoms with Crippen molar-refractivity contribution in [1.29, 1.82) is 0 Å². The lowest BCUT2D eigenvalue weighted by Gasteiger charge is -2.06. The Balaban J connectivity index is 2.69. The Morgan fingerprint density at radius 2 is 2.09 bits per heavy atom. The molecular formula is C5H16N4O2. The highest BCUT2D eigenvalue weighted by molar-refractivity contribution is 4.35. The molecule has 0 bridgehead atoms. The molecule has 68 valence electrons. The summed E-state index contributed by atoms with van der Waals surface area (Å²) in [6, 6.07) is 0. The maximum Gasteiger partial charge on any atom is 0.0698 e. The summed E-state index contributed by atoms with van der Waals surface area (Å²) in [5, 5.41) is 8.32. The van der Waals surface area contributed by atoms with Crippen molar-refractivity contribution in [3.63, 3.8) is 0 Å². The number of nitrogens with one attached hydrogen (secondary N) is 3. The van der Waals surface area contributed by atoms with E-state index in [-0.39, 0.29) is 6.61 Å². The van der Waals surface area contributed by atoms with Crippen molar-refractivity contribution >= 4 is 0 Å². The molecule has 0 fully saturated rings. The minimum absolute atomic E-state index is 0.0640. The fraction of sp³-hybridized carbons (Fsp3) is 1.00. The van der Waals surface area contributed by atoms with Crippen molar-refractivity contribution in [2.75, 3.05) is 33.0 Å². The van der Waals surface area contributed by atoms with Gasteiger partial charge in [0.2, 0.25) is 0 Å². The molecule has 0 unspecified atom stereocenters. The topological polar surface area (TPSA) is 91.6 Å². The van der Waals surface area contributed by atoms with Crippen LogP contribution in [0.5, 0.6) is 0 Å². The number of hydrogen-bond donors (Lipinski definition) is 5. The van der Waals surface area contributed by atoms with Gasteiger partial charge in [0.05, 0.1) is 26.5 Å². The number of hydrazine groups is 2. The molecule has 0 aliphatic carbocycles. The zero-order valence-corrected chi connectivity index (χ0v) is 6.47. The summed E-state index contributed by atoms with van der Waals surface area (Å²) < 4.78 is 4.95. The maximum absolute atomic E-state index is 8.32. The van der Waals surface area contributed by atoms with Gasteiger partial charge < -0.3 is 15.6 Å². The SMILES string of the molecule is NCNNNCCOCCO. The van der Waals surface area contributed by atoms with Gasteiger partial charge in [-0.05, 0) is 0 Å². The lowest BCUT2D eigenvalue weighted by molar-refractivity contribution is 0.0915. The second kappa shape index (κ2) is 9.76. The summed E-state index contributed by atoms with van der Waals surface area (Å²) in [4.78, 5) is 0. The van der Waals surface area contributed by atoms with Gasteiger partial charge in [-0.2, -0.15) is 5.53 Å². The number of hydrogen-bond acceptors (Lipinski definition) is 6. The van der Waals surface area contributed by atoms with Crippen LogP contribution < -0.4 is 22.1 Å². The average Bonchev–Trinajstić information content (AvgIpc) is 2.03. The van der Waals surface area contributed by atoms with E-state index in [1.165, 1.54) is 0 Å². The van der Waals surface area contributed by atoms with Crippen molar-refractivity contribution < 1.29 is 9.84 Å². The predicted octanol–water partition coefficient (Wildman–Crippen LogP) is -2.49. The molecule has 0 atom stereocenters. The highest BCUT2D eigenvalue weighted by atomic mass is 16.5. The van der Waals surface area contributed by atoms with Gasteiger partial charge in [0.1, 0.15) is 0 Å². The third-order valence-corrected chi connectivity index (χ3v) is 0.886. The molecule has 0 radical (unpaired) electrons. The number of ether oxygens (including phenoxy) is 1. The predicted molar refractivity (Wildman–Crippen MR) is 41.2 cm³/mol. The zero-order chi connectivity index (χ0) is 8.36. The van der Waals surface area contributed by atoms with E-state index in [0.717, 1.165) is 0 Å². The average molecular weight is 164 g/mol. The molecule has 6 N–H and O–H groups in total. The van der Waals surface area contributed by atoms with Crippen molar-refractivity contribution in [1.82, 2.24) is 16.4 Å². The van der Waals surface area contributed by atoms with Crippen LogP contribution in [0.25, 0.3) is 0 Å². The first-order valence-corrected chi connectivity index (χ1v) is 3.51. The molecule has 0 aliphatic heterocycles. The van der Waals surface area contributed by atoms with Crippen molar-refractivity contribution in [3.05, 3.63) is 0 Å². The summed E-state index contributed by atoms with van der Waals surface area (Å²) in [7, 11) is 0. The summed E-state index contributed by atoms with van der Waals surface area (Å²) >= 11 is 0. The van der Waals surface area contributed by atoms with Crippen molar-refractivity contribution in [2.24, 2.45) is 5.73 Å². The largest absolute Gasteiger partial charge is 0.394 e. The van der Waals surface area contributed by atoms with Gasteiger partial charge in [-0.15, -0.1) is 0 Å². The van der Waals surface area contributed by atoms with E-state index in [1.54, 1.807) is 0 Å². The quantitative estimate of drug-likeness (QED) is 0.155. The van der Waals surface area contributed by atoms with Gasteiger partial charge in [0.15, 0.2) is 0 Å². The molecule has 0 saturated heterocycles. The summed E-state index contributed by atoms with van der Waals surface area (Å²) in [5.74, 6) is 0. The second-order valence-corrected chi connectivity index (χ2v) is 1.77. The summed E-state index contributed by atoms with van der Waals surface area (Å²) in [6.45, 7) is 2.03. The van der Waals surface area contributed by atoms with Gasteiger partial charge >= 0.3 is 0 Å². The molecule has 0 aromatic heterocycles. The summed E-state index contributed by atoms with van der Waals surface area (Å²) in [5.41, 5.74) is 13.2. The molecule has 0 amide bonds. The highest BCUT2D eigenvalue weighted by Crippen LogP contribution is 1.68. The lowest BCUT2D eigenvalue weighted by Crippen LogP contribution is -2.46. The van der Waals surface area contributed by atoms with Gasteiger partial charge in [-0.1, -0.05) is 0 Å². The van der Waals surface area contributed by atoms with Crippen LogP contribution in [0.3, 0.4) is 0 Å². The third kappa shape index (κ3) is 9.76. The fourth-order valence-corrected chi connectivity index (χ4v) is 0.466. The van der Waals surface area contributed by atoms with E-state index in [2.05, 4.69) is 16.4 Å². The standard InChI is InChI=1S/C5H16N4O2/c6-5-8-9-7-1-3-11-4-2-10/h7-10H,1-6H2. The zero-order valence-electron chi connectivity index (χ0n) is 6.47. The van der Waals surface area contributed by atoms with E-state index in [4.69, 9.17) is 15.6 Å². The first-order chi connectivity index (χ1) is 5.41. The minimum Gasteiger partial charge on any atom is -0.394 e. The molecule has 6 heteroatoms. The van der Waals surface area contributed by atoms with Crippen LogP contribution in [0, 0.1) is 0 Å². The number of rotatable bonds is 8. The van der Waals surface area contributed by atoms with E-state index in [0.29, 0.717) is 26.4 Å². The first kappa shape index (κ1) is 10.8. The Morgan fingerprint density at radius 1 is 1.27 bits per heavy atom. The molecule has 0 spiro atoms. The molecule has 0 aromatic carbocycles. The van der Waals surface area contributed by atoms with E-state index in [1.807, 2.05) is 0 Å². The first-order valence-electron chi connectivity index (χ1n) is 3.51. The smallest absolute Gasteiger partial charge is 0.0698 e. The Bertz CT molecular complexity index is 65.5. The maximum atomic E-state index is 8.32. The number of aliphatic hydroxyl groups is 1. The Kier molecular flexibility index (Phi) is 9.55. The van der Waals surface area contributed by atoms with E-state index < -0.39 is 0 Å². The van der Waals surface area contributed by atoms with Crippen LogP contribution in [-0.2, 0) is 4.74 Å². The van der Waals surface area contributed by atoms with Gasteiger partial charge in [0, 0.05) is 6.54 Å². The second-order valence-electron chi connectivity index (χ2n) is 1.77. The van der Waals surface area contributed by atoms with E-state index >= 15 is 0 Å². The molecule has 6 nitrogen and oxygen atoms in total. The van der Waals surface area contributed by atoms with Crippen molar-refractivity contribution in [2.45, 2.75) is 0 Å². The fourth-order valence-electron chi connectivity index (χ4n) is 0.466. The van der Waals surface area contributed by atoms with Crippen LogP contribution in [0.4, 0.5) is 0 Å². The van der Waals surface area contributed by atoms with Crippen LogP contribution >= 0.6 is 0 Å². The minimum atomic E-state index is 0.0640. The normalized spacial score (nSPS) is 10.4. The van der Waals surface area contributed by atoms with Crippen LogP contribution in [0.15, 0.2) is 0 Å². The molecule has 0 heterocycles. The lowest BCUT2D eigenvalue weighted by atomic mass is 10.7. The van der Waals surface area contributed by atoms with Gasteiger partial charge in [0.25, 0.3) is 0 Å². The van der Waals surface area contributed by atoms with Crippen LogP contribution in [0.1, 0.15) is 0 Å². The van der Waals surface area contributed by atoms with Gasteiger partial charge in [-0.25, -0.2) is 10.9 Å². The monoisotopic (exact) mass is 164 g/mol. The molecular weight excluding hydrogens is 148 g/mol. The Labute approximate surface area is 66.0 Å². The molecule has 0 aliphatic rings. The van der Waals surface area contributed by atoms with Crippen LogP contribution in [-0.4, -0.2) is 38.1 Å². The molecule has 11 heavy (non-hydrogen) atoms. The van der Waals surface area contributed by atoms with Gasteiger partial charge in [-0.3, -0.25) is 0 Å². The molecule has 0 aromatic rings. The number of nitrogens with two attached hydrogens (primary N) is 1. The molecule has 0 saturated carbocycles. The molecule has 0 rings (SSSR count). The Morgan fingerprint density at radius 3 is 2.73 bits per heavy atom. The van der Waals surface area contributed by atoms with Crippen LogP contribution in [0.2, 0.25) is 0 Å². The number of aliphatic hydroxyl groups excluding tert-OH is 1. The Hall–Kier alpha value is -0.240. The highest BCUT2D eigenvalue weighted by Gasteiger charge is 1.85. The van der Waals surface area contributed by atoms with Crippen molar-refractivity contribution in [3.8, 4) is 0 Å².